The van der Waals surface area contributed by atoms with Crippen LogP contribution < -0.4 is 5.32 Å². The predicted molar refractivity (Wildman–Crippen MR) is 75.1 cm³/mol. The highest BCUT2D eigenvalue weighted by Gasteiger charge is 2.53. The van der Waals surface area contributed by atoms with E-state index in [-0.39, 0.29) is 5.70 Å². The van der Waals surface area contributed by atoms with Gasteiger partial charge >= 0.3 is 5.97 Å². The number of carboxylic acid groups (broad SMARTS) is 1. The van der Waals surface area contributed by atoms with Crippen LogP contribution >= 0.6 is 11.8 Å². The van der Waals surface area contributed by atoms with Crippen molar-refractivity contribution in [1.82, 2.24) is 10.2 Å². The lowest BCUT2D eigenvalue weighted by molar-refractivity contribution is -0.150. The minimum absolute atomic E-state index is 0.0580. The zero-order valence-electron chi connectivity index (χ0n) is 11.3. The van der Waals surface area contributed by atoms with Crippen LogP contribution in [0, 0.1) is 0 Å². The molecule has 1 unspecified atom stereocenters. The van der Waals surface area contributed by atoms with Gasteiger partial charge in [0.25, 0.3) is 5.91 Å². The third-order valence-corrected chi connectivity index (χ3v) is 5.28. The van der Waals surface area contributed by atoms with Crippen LogP contribution in [0.5, 0.6) is 0 Å². The number of nitrogens with zero attached hydrogens (tertiary/aromatic N) is 1. The average Bonchev–Trinajstić information content (AvgIpc) is 2.33. The molecule has 2 N–H and O–H groups in total. The van der Waals surface area contributed by atoms with E-state index in [2.05, 4.69) is 5.32 Å². The number of aliphatic carboxylic acids is 1. The van der Waals surface area contributed by atoms with Gasteiger partial charge in [-0.2, -0.15) is 0 Å². The fourth-order valence-corrected chi connectivity index (χ4v) is 4.08. The molecule has 2 amide bonds. The zero-order chi connectivity index (χ0) is 15.9. The first-order valence-electron chi connectivity index (χ1n) is 5.96. The first-order chi connectivity index (χ1) is 9.61. The summed E-state index contributed by atoms with van der Waals surface area (Å²) in [6.07, 6.45) is 0.922. The molecule has 0 radical (unpaired) electrons. The summed E-state index contributed by atoms with van der Waals surface area (Å²) in [5.74, 6) is -2.75. The molecule has 1 fully saturated rings. The molecule has 0 bridgehead atoms. The minimum atomic E-state index is -3.48. The normalized spacial score (nSPS) is 25.2. The lowest BCUT2D eigenvalue weighted by Gasteiger charge is -2.49. The van der Waals surface area contributed by atoms with Crippen LogP contribution in [0.1, 0.15) is 6.92 Å². The Balaban J connectivity index is 2.11. The van der Waals surface area contributed by atoms with E-state index < -0.39 is 44.8 Å². The molecule has 2 rings (SSSR count). The van der Waals surface area contributed by atoms with Gasteiger partial charge in [-0.3, -0.25) is 14.5 Å². The average molecular weight is 334 g/mol. The van der Waals surface area contributed by atoms with Crippen molar-refractivity contribution in [2.45, 2.75) is 18.3 Å². The second kappa shape index (κ2) is 5.34. The molecule has 21 heavy (non-hydrogen) atoms. The number of thioether (sulfide) groups is 1. The molecular weight excluding hydrogens is 320 g/mol. The van der Waals surface area contributed by atoms with Crippen molar-refractivity contribution >= 4 is 39.4 Å². The number of carboxylic acids is 1. The van der Waals surface area contributed by atoms with Crippen molar-refractivity contribution in [3.05, 3.63) is 11.3 Å². The number of β-lactam (4-membered cyclic amide) rings is 1. The molecule has 0 aromatic heterocycles. The maximum atomic E-state index is 12.0. The largest absolute Gasteiger partial charge is 0.477 e. The monoisotopic (exact) mass is 334 g/mol. The van der Waals surface area contributed by atoms with E-state index in [1.807, 2.05) is 0 Å². The lowest BCUT2D eigenvalue weighted by Crippen LogP contribution is -2.70. The van der Waals surface area contributed by atoms with Crippen molar-refractivity contribution < 1.29 is 27.9 Å². The van der Waals surface area contributed by atoms with Crippen molar-refractivity contribution in [1.29, 1.82) is 0 Å². The quantitative estimate of drug-likeness (QED) is 0.619. The molecule has 2 aliphatic heterocycles. The minimum Gasteiger partial charge on any atom is -0.477 e. The number of hydrogen-bond acceptors (Lipinski definition) is 6. The van der Waals surface area contributed by atoms with Gasteiger partial charge in [0.1, 0.15) is 22.9 Å². The van der Waals surface area contributed by atoms with Crippen molar-refractivity contribution in [3.63, 3.8) is 0 Å². The Hall–Kier alpha value is -1.55. The summed E-state index contributed by atoms with van der Waals surface area (Å²) in [7, 11) is -3.48. The maximum absolute atomic E-state index is 12.0. The molecule has 2 heterocycles. The SMILES string of the molecule is CC1=C(C(=O)O)N2C(=O)C(NC(=O)CS(C)(=O)=O)[C@@H]2SC1. The van der Waals surface area contributed by atoms with Crippen LogP contribution in [0.25, 0.3) is 0 Å². The number of carbonyl (C=O) groups excluding carboxylic acids is 2. The van der Waals surface area contributed by atoms with Crippen LogP contribution in [-0.2, 0) is 24.2 Å². The lowest BCUT2D eigenvalue weighted by atomic mass is 10.0. The topological polar surface area (TPSA) is 121 Å². The van der Waals surface area contributed by atoms with Crippen LogP contribution in [0.3, 0.4) is 0 Å². The van der Waals surface area contributed by atoms with Gasteiger partial charge in [0.15, 0.2) is 9.84 Å². The van der Waals surface area contributed by atoms with Gasteiger partial charge in [0, 0.05) is 12.0 Å². The number of nitrogens with one attached hydrogen (secondary N) is 1. The maximum Gasteiger partial charge on any atom is 0.352 e. The smallest absolute Gasteiger partial charge is 0.352 e. The van der Waals surface area contributed by atoms with Crippen LogP contribution in [0.4, 0.5) is 0 Å². The zero-order valence-corrected chi connectivity index (χ0v) is 13.0. The fraction of sp³-hybridized carbons (Fsp3) is 0.545. The Morgan fingerprint density at radius 2 is 2.10 bits per heavy atom. The molecular formula is C11H14N2O6S2. The first kappa shape index (κ1) is 15.8. The van der Waals surface area contributed by atoms with Gasteiger partial charge < -0.3 is 10.4 Å². The molecule has 0 spiro atoms. The van der Waals surface area contributed by atoms with E-state index in [4.69, 9.17) is 5.11 Å². The van der Waals surface area contributed by atoms with E-state index in [9.17, 15) is 22.8 Å². The van der Waals surface area contributed by atoms with E-state index >= 15 is 0 Å². The standard InChI is InChI=1S/C11H14N2O6S2/c1-5-3-20-10-7(12-6(14)4-21(2,18)19)9(15)13(10)8(5)11(16)17/h7,10H,3-4H2,1-2H3,(H,12,14)(H,16,17)/t7?,10-/m0/s1. The van der Waals surface area contributed by atoms with Gasteiger partial charge in [0.05, 0.1) is 0 Å². The summed E-state index contributed by atoms with van der Waals surface area (Å²) in [5, 5.41) is 11.0. The summed E-state index contributed by atoms with van der Waals surface area (Å²) >= 11 is 1.33. The molecule has 0 aliphatic carbocycles. The van der Waals surface area contributed by atoms with Crippen molar-refractivity contribution in [2.24, 2.45) is 0 Å². The molecule has 0 aromatic carbocycles. The Bertz CT molecular complexity index is 654. The molecule has 116 valence electrons. The number of carbonyl (C=O) groups is 3. The Kier molecular flexibility index (Phi) is 4.02. The van der Waals surface area contributed by atoms with Crippen LogP contribution in [0.2, 0.25) is 0 Å². The summed E-state index contributed by atoms with van der Waals surface area (Å²) in [5.41, 5.74) is 0.523. The highest BCUT2D eigenvalue weighted by Crippen LogP contribution is 2.39. The summed E-state index contributed by atoms with van der Waals surface area (Å²) < 4.78 is 22.1. The molecule has 2 aliphatic rings. The summed E-state index contributed by atoms with van der Waals surface area (Å²) in [4.78, 5) is 35.9. The third kappa shape index (κ3) is 3.05. The van der Waals surface area contributed by atoms with E-state index in [0.717, 1.165) is 11.2 Å². The van der Waals surface area contributed by atoms with Gasteiger partial charge in [-0.25, -0.2) is 13.2 Å². The molecule has 0 aromatic rings. The molecule has 2 atom stereocenters. The van der Waals surface area contributed by atoms with Gasteiger partial charge in [-0.15, -0.1) is 11.8 Å². The van der Waals surface area contributed by atoms with Crippen molar-refractivity contribution in [2.75, 3.05) is 17.8 Å². The summed E-state index contributed by atoms with van der Waals surface area (Å²) in [6, 6.07) is -0.883. The number of rotatable bonds is 4. The number of amides is 2. The van der Waals surface area contributed by atoms with E-state index in [1.54, 1.807) is 6.92 Å². The number of hydrogen-bond donors (Lipinski definition) is 2. The number of fused-ring (bicyclic) bond motifs is 1. The fourth-order valence-electron chi connectivity index (χ4n) is 2.23. The molecule has 10 heteroatoms. The Labute approximate surface area is 125 Å². The van der Waals surface area contributed by atoms with Crippen LogP contribution in [0.15, 0.2) is 11.3 Å². The Morgan fingerprint density at radius 3 is 2.62 bits per heavy atom. The van der Waals surface area contributed by atoms with Crippen molar-refractivity contribution in [3.8, 4) is 0 Å². The predicted octanol–water partition coefficient (Wildman–Crippen LogP) is -1.21. The van der Waals surface area contributed by atoms with Crippen LogP contribution in [-0.4, -0.2) is 65.4 Å². The summed E-state index contributed by atoms with van der Waals surface area (Å²) in [6.45, 7) is 1.63. The number of sulfone groups is 1. The molecule has 0 saturated carbocycles. The highest BCUT2D eigenvalue weighted by molar-refractivity contribution is 8.00. The third-order valence-electron chi connectivity index (χ3n) is 3.07. The van der Waals surface area contributed by atoms with Gasteiger partial charge in [-0.1, -0.05) is 0 Å². The highest BCUT2D eigenvalue weighted by atomic mass is 32.2. The van der Waals surface area contributed by atoms with Gasteiger partial charge in [0.2, 0.25) is 5.91 Å². The van der Waals surface area contributed by atoms with Gasteiger partial charge in [-0.05, 0) is 12.5 Å². The second-order valence-corrected chi connectivity index (χ2v) is 8.20. The molecule has 8 nitrogen and oxygen atoms in total. The van der Waals surface area contributed by atoms with E-state index in [0.29, 0.717) is 11.3 Å². The van der Waals surface area contributed by atoms with E-state index in [1.165, 1.54) is 11.8 Å². The second-order valence-electron chi connectivity index (χ2n) is 4.96. The molecule has 1 saturated heterocycles. The first-order valence-corrected chi connectivity index (χ1v) is 9.07. The Morgan fingerprint density at radius 1 is 1.48 bits per heavy atom.